The lowest BCUT2D eigenvalue weighted by Gasteiger charge is -2.42. The highest BCUT2D eigenvalue weighted by Gasteiger charge is 2.47. The Morgan fingerprint density at radius 2 is 1.37 bits per heavy atom. The van der Waals surface area contributed by atoms with Gasteiger partial charge in [-0.3, -0.25) is 4.68 Å². The number of benzene rings is 3. The second-order valence-electron chi connectivity index (χ2n) is 9.59. The highest BCUT2D eigenvalue weighted by atomic mass is 28.4. The number of rotatable bonds is 13. The van der Waals surface area contributed by atoms with Gasteiger partial charge in [0.15, 0.2) is 0 Å². The fourth-order valence-corrected chi connectivity index (χ4v) is 19.9. The van der Waals surface area contributed by atoms with E-state index in [-0.39, 0.29) is 11.6 Å². The number of aromatic nitrogens is 3. The average molecular weight is 546 g/mol. The molecule has 38 heavy (non-hydrogen) atoms. The molecule has 1 aromatic heterocycles. The second kappa shape index (κ2) is 12.3. The van der Waals surface area contributed by atoms with E-state index < -0.39 is 16.1 Å². The lowest BCUT2D eigenvalue weighted by molar-refractivity contribution is 0.340. The first-order chi connectivity index (χ1) is 18.4. The van der Waals surface area contributed by atoms with Crippen molar-refractivity contribution in [3.63, 3.8) is 0 Å². The molecule has 0 radical (unpaired) electrons. The highest BCUT2D eigenvalue weighted by Crippen LogP contribution is 2.30. The normalized spacial score (nSPS) is 14.3. The molecular weight excluding hydrogens is 513 g/mol. The van der Waals surface area contributed by atoms with Crippen molar-refractivity contribution in [3.8, 4) is 5.75 Å². The van der Waals surface area contributed by atoms with Gasteiger partial charge in [-0.25, -0.2) is 13.8 Å². The Kier molecular flexibility index (Phi) is 8.86. The summed E-state index contributed by atoms with van der Waals surface area (Å²) in [5, 5.41) is 7.93. The molecule has 0 saturated carbocycles. The quantitative estimate of drug-likeness (QED) is 0.175. The van der Waals surface area contributed by atoms with Crippen LogP contribution >= 0.6 is 0 Å². The van der Waals surface area contributed by atoms with Gasteiger partial charge in [-0.1, -0.05) is 64.1 Å². The molecule has 0 N–H and O–H groups in total. The molecule has 1 heterocycles. The van der Waals surface area contributed by atoms with Crippen molar-refractivity contribution in [1.29, 1.82) is 0 Å². The number of hydrogen-bond donors (Lipinski definition) is 0. The van der Waals surface area contributed by atoms with Crippen LogP contribution in [0.2, 0.25) is 17.8 Å². The van der Waals surface area contributed by atoms with Gasteiger partial charge in [-0.2, -0.15) is 5.10 Å². The number of halogens is 2. The monoisotopic (exact) mass is 545 g/mol. The Labute approximate surface area is 225 Å². The fraction of sp³-hybridized carbons (Fsp3) is 0.200. The van der Waals surface area contributed by atoms with Crippen LogP contribution in [0.25, 0.3) is 0 Å². The molecule has 2 atom stereocenters. The van der Waals surface area contributed by atoms with Crippen LogP contribution in [0.15, 0.2) is 111 Å². The van der Waals surface area contributed by atoms with Crippen LogP contribution in [0.5, 0.6) is 5.75 Å². The Morgan fingerprint density at radius 3 is 1.87 bits per heavy atom. The summed E-state index contributed by atoms with van der Waals surface area (Å²) < 4.78 is 35.8. The van der Waals surface area contributed by atoms with Crippen molar-refractivity contribution < 1.29 is 13.5 Å². The SMILES string of the molecule is C=CC[Si](Cn1cncn1)(C[Si](CC=C)(c1ccc(F)cc1)c1ccc(OCC)cc1)c1ccc(F)cc1. The van der Waals surface area contributed by atoms with Gasteiger partial charge in [0.2, 0.25) is 0 Å². The van der Waals surface area contributed by atoms with E-state index >= 15 is 0 Å². The molecule has 2 unspecified atom stereocenters. The standard InChI is InChI=1S/C30H33F2N3OSi2/c1-4-19-37(23-35-22-33-21-34-35,28-13-7-25(31)8-14-28)24-38(20-5-2,29-15-9-26(32)10-16-29)30-17-11-27(12-18-30)36-6-3/h4-5,7-18,21-22H,1-2,6,19-20,23-24H2,3H3. The van der Waals surface area contributed by atoms with Crippen molar-refractivity contribution >= 4 is 31.7 Å². The number of ether oxygens (including phenoxy) is 1. The van der Waals surface area contributed by atoms with Gasteiger partial charge in [-0.15, -0.1) is 13.2 Å². The van der Waals surface area contributed by atoms with Crippen molar-refractivity contribution in [1.82, 2.24) is 14.8 Å². The summed E-state index contributed by atoms with van der Waals surface area (Å²) in [5.41, 5.74) is 0.864. The molecule has 4 nitrogen and oxygen atoms in total. The van der Waals surface area contributed by atoms with Gasteiger partial charge in [0, 0.05) is 6.17 Å². The van der Waals surface area contributed by atoms with E-state index in [0.717, 1.165) is 33.9 Å². The van der Waals surface area contributed by atoms with E-state index in [9.17, 15) is 8.78 Å². The fourth-order valence-electron chi connectivity index (χ4n) is 5.52. The lowest BCUT2D eigenvalue weighted by atomic mass is 10.3. The smallest absolute Gasteiger partial charge is 0.137 e. The Balaban J connectivity index is 1.96. The molecule has 0 bridgehead atoms. The number of allylic oxidation sites excluding steroid dienone is 2. The van der Waals surface area contributed by atoms with Crippen LogP contribution in [-0.4, -0.2) is 37.5 Å². The van der Waals surface area contributed by atoms with Crippen LogP contribution < -0.4 is 20.3 Å². The van der Waals surface area contributed by atoms with Crippen LogP contribution in [0.1, 0.15) is 6.92 Å². The molecule has 0 aliphatic carbocycles. The zero-order valence-electron chi connectivity index (χ0n) is 21.7. The molecular formula is C30H33F2N3OSi2. The molecule has 0 aliphatic heterocycles. The number of hydrogen-bond acceptors (Lipinski definition) is 3. The van der Waals surface area contributed by atoms with Crippen molar-refractivity contribution in [3.05, 3.63) is 122 Å². The van der Waals surface area contributed by atoms with Crippen molar-refractivity contribution in [2.45, 2.75) is 30.8 Å². The van der Waals surface area contributed by atoms with Gasteiger partial charge in [0.1, 0.15) is 46.2 Å². The summed E-state index contributed by atoms with van der Waals surface area (Å²) in [6.45, 7) is 10.8. The average Bonchev–Trinajstić information content (AvgIpc) is 3.43. The predicted molar refractivity (Wildman–Crippen MR) is 156 cm³/mol. The Morgan fingerprint density at radius 1 is 0.816 bits per heavy atom. The maximum absolute atomic E-state index is 14.1. The van der Waals surface area contributed by atoms with Crippen LogP contribution in [0.3, 0.4) is 0 Å². The predicted octanol–water partition coefficient (Wildman–Crippen LogP) is 5.02. The third kappa shape index (κ3) is 5.92. The summed E-state index contributed by atoms with van der Waals surface area (Å²) in [6.07, 6.45) is 7.90. The molecule has 4 rings (SSSR count). The molecule has 4 aromatic rings. The van der Waals surface area contributed by atoms with Crippen LogP contribution in [-0.2, 0) is 6.17 Å². The van der Waals surface area contributed by atoms with Gasteiger partial charge in [-0.05, 0) is 61.1 Å². The van der Waals surface area contributed by atoms with E-state index in [2.05, 4.69) is 35.4 Å². The summed E-state index contributed by atoms with van der Waals surface area (Å²) in [5.74, 6) is 0.279. The molecule has 3 aromatic carbocycles. The zero-order valence-corrected chi connectivity index (χ0v) is 23.7. The van der Waals surface area contributed by atoms with E-state index in [0.29, 0.717) is 12.8 Å². The number of nitrogens with zero attached hydrogens (tertiary/aromatic N) is 3. The molecule has 0 aliphatic rings. The summed E-state index contributed by atoms with van der Waals surface area (Å²) >= 11 is 0. The second-order valence-corrected chi connectivity index (χ2v) is 18.6. The highest BCUT2D eigenvalue weighted by molar-refractivity contribution is 7.13. The molecule has 0 fully saturated rings. The van der Waals surface area contributed by atoms with E-state index in [1.807, 2.05) is 60.2 Å². The first kappa shape index (κ1) is 27.4. The largest absolute Gasteiger partial charge is 0.494 e. The molecule has 196 valence electrons. The lowest BCUT2D eigenvalue weighted by Crippen LogP contribution is -2.66. The first-order valence-electron chi connectivity index (χ1n) is 12.7. The summed E-state index contributed by atoms with van der Waals surface area (Å²) in [7, 11) is -5.12. The molecule has 0 spiro atoms. The van der Waals surface area contributed by atoms with Crippen LogP contribution in [0.4, 0.5) is 8.78 Å². The third-order valence-electron chi connectivity index (χ3n) is 7.17. The van der Waals surface area contributed by atoms with E-state index in [1.165, 1.54) is 17.3 Å². The topological polar surface area (TPSA) is 39.9 Å². The summed E-state index contributed by atoms with van der Waals surface area (Å²) in [6, 6.07) is 23.7. The van der Waals surface area contributed by atoms with Gasteiger partial charge >= 0.3 is 0 Å². The minimum absolute atomic E-state index is 0.266. The van der Waals surface area contributed by atoms with Crippen molar-refractivity contribution in [2.75, 3.05) is 6.61 Å². The van der Waals surface area contributed by atoms with Gasteiger partial charge in [0.25, 0.3) is 0 Å². The van der Waals surface area contributed by atoms with E-state index in [1.54, 1.807) is 24.8 Å². The first-order valence-corrected chi connectivity index (χ1v) is 17.8. The molecule has 0 saturated heterocycles. The van der Waals surface area contributed by atoms with Crippen molar-refractivity contribution in [2.24, 2.45) is 0 Å². The van der Waals surface area contributed by atoms with E-state index in [4.69, 9.17) is 4.74 Å². The maximum atomic E-state index is 14.1. The van der Waals surface area contributed by atoms with Crippen LogP contribution in [0, 0.1) is 11.6 Å². The summed E-state index contributed by atoms with van der Waals surface area (Å²) in [4.78, 5) is 4.19. The van der Waals surface area contributed by atoms with Gasteiger partial charge < -0.3 is 4.74 Å². The molecule has 0 amide bonds. The minimum atomic E-state index is -2.60. The minimum Gasteiger partial charge on any atom is -0.494 e. The maximum Gasteiger partial charge on any atom is 0.137 e. The Bertz CT molecular complexity index is 1330. The molecule has 8 heteroatoms. The Hall–Kier alpha value is -3.63. The third-order valence-corrected chi connectivity index (χ3v) is 19.7. The zero-order chi connectivity index (χ0) is 27.0. The van der Waals surface area contributed by atoms with Gasteiger partial charge in [0.05, 0.1) is 6.61 Å².